The summed E-state index contributed by atoms with van der Waals surface area (Å²) in [6.07, 6.45) is 6.36. The molecular weight excluding hydrogens is 703 g/mol. The molecule has 0 spiro atoms. The van der Waals surface area contributed by atoms with E-state index < -0.39 is 11.4 Å². The van der Waals surface area contributed by atoms with Crippen LogP contribution in [0.4, 0.5) is 0 Å². The van der Waals surface area contributed by atoms with E-state index in [1.807, 2.05) is 61.5 Å². The third kappa shape index (κ3) is 13.5. The lowest BCUT2D eigenvalue weighted by Crippen LogP contribution is -2.43. The highest BCUT2D eigenvalue weighted by Crippen LogP contribution is 2.34. The molecule has 1 atom stereocenters. The monoisotopic (exact) mass is 756 g/mol. The van der Waals surface area contributed by atoms with Gasteiger partial charge in [0, 0.05) is 32.8 Å². The van der Waals surface area contributed by atoms with E-state index in [0.29, 0.717) is 61.2 Å². The number of aryl methyl sites for hydroxylation is 2. The maximum atomic E-state index is 13.3. The van der Waals surface area contributed by atoms with Crippen molar-refractivity contribution < 1.29 is 33.6 Å². The summed E-state index contributed by atoms with van der Waals surface area (Å²) in [6, 6.07) is 19.8. The minimum atomic E-state index is -0.831. The molecule has 0 radical (unpaired) electrons. The van der Waals surface area contributed by atoms with Gasteiger partial charge in [-0.25, -0.2) is 0 Å². The fourth-order valence-corrected chi connectivity index (χ4v) is 6.62. The molecule has 2 aliphatic rings. The molecule has 9 nitrogen and oxygen atoms in total. The second-order valence-corrected chi connectivity index (χ2v) is 15.0. The molecule has 1 aliphatic carbocycles. The van der Waals surface area contributed by atoms with Gasteiger partial charge in [-0.15, -0.1) is 0 Å². The standard InChI is InChI=1S/C26H40N2O5.C15H14Cl2O2/c1-26(2,25(30)31)10-13-33-23-15-19(6-5-12-32-3)14-20(16-23)18-28(22-8-9-22)24(29)21-7-4-11-27-17-21;1-11-9-13(16)15(14(17)10-11)19-8-7-18-12-5-3-2-4-6-12/h14-16,21-22,27H,4-13,17-18H2,1-3H3,(H,30,31);2-6,9-10H,7-8H2,1H3. The highest BCUT2D eigenvalue weighted by Gasteiger charge is 2.36. The lowest BCUT2D eigenvalue weighted by atomic mass is 9.90. The minimum absolute atomic E-state index is 0.0678. The van der Waals surface area contributed by atoms with Gasteiger partial charge in [0.2, 0.25) is 5.91 Å². The van der Waals surface area contributed by atoms with Gasteiger partial charge in [0.1, 0.15) is 24.7 Å². The normalized spacial score (nSPS) is 15.6. The number of aliphatic carboxylic acids is 1. The molecule has 1 saturated heterocycles. The van der Waals surface area contributed by atoms with Crippen LogP contribution in [0.25, 0.3) is 0 Å². The number of amides is 1. The van der Waals surface area contributed by atoms with Crippen molar-refractivity contribution in [2.75, 3.05) is 46.6 Å². The van der Waals surface area contributed by atoms with Gasteiger partial charge in [0.15, 0.2) is 5.75 Å². The molecule has 1 aliphatic heterocycles. The smallest absolute Gasteiger partial charge is 0.309 e. The Labute approximate surface area is 318 Å². The van der Waals surface area contributed by atoms with Crippen LogP contribution in [0.1, 0.15) is 69.1 Å². The molecule has 1 unspecified atom stereocenters. The first kappa shape index (κ1) is 41.3. The number of carbonyl (C=O) groups excluding carboxylic acids is 1. The van der Waals surface area contributed by atoms with E-state index in [4.69, 9.17) is 42.1 Å². The van der Waals surface area contributed by atoms with Gasteiger partial charge in [-0.1, -0.05) is 47.5 Å². The lowest BCUT2D eigenvalue weighted by molar-refractivity contribution is -0.147. The number of para-hydroxylation sites is 1. The first-order valence-electron chi connectivity index (χ1n) is 18.2. The number of nitrogens with one attached hydrogen (secondary N) is 1. The predicted molar refractivity (Wildman–Crippen MR) is 206 cm³/mol. The molecule has 0 bridgehead atoms. The Balaban J connectivity index is 0.000000269. The Morgan fingerprint density at radius 2 is 1.56 bits per heavy atom. The summed E-state index contributed by atoms with van der Waals surface area (Å²) in [5, 5.41) is 13.8. The zero-order chi connectivity index (χ0) is 37.5. The Morgan fingerprint density at radius 3 is 2.19 bits per heavy atom. The largest absolute Gasteiger partial charge is 0.494 e. The van der Waals surface area contributed by atoms with E-state index in [2.05, 4.69) is 16.3 Å². The van der Waals surface area contributed by atoms with Crippen molar-refractivity contribution in [3.05, 3.63) is 87.4 Å². The van der Waals surface area contributed by atoms with Crippen molar-refractivity contribution >= 4 is 35.1 Å². The van der Waals surface area contributed by atoms with Crippen LogP contribution in [0.3, 0.4) is 0 Å². The van der Waals surface area contributed by atoms with Crippen LogP contribution in [-0.2, 0) is 27.3 Å². The number of benzene rings is 3. The SMILES string of the molecule is COCCCc1cc(CN(C(=O)C2CCCNC2)C2CC2)cc(OCCC(C)(C)C(=O)O)c1.Cc1cc(Cl)c(OCCOc2ccccc2)c(Cl)c1. The number of carboxylic acid groups (broad SMARTS) is 1. The molecule has 52 heavy (non-hydrogen) atoms. The van der Waals surface area contributed by atoms with Crippen molar-refractivity contribution in [2.24, 2.45) is 11.3 Å². The second kappa shape index (κ2) is 20.7. The number of hydrogen-bond acceptors (Lipinski definition) is 7. The molecule has 2 fully saturated rings. The summed E-state index contributed by atoms with van der Waals surface area (Å²) in [5.74, 6) is 1.57. The minimum Gasteiger partial charge on any atom is -0.494 e. The number of hydrogen-bond donors (Lipinski definition) is 2. The number of nitrogens with zero attached hydrogens (tertiary/aromatic N) is 1. The summed E-state index contributed by atoms with van der Waals surface area (Å²) < 4.78 is 22.3. The molecular formula is C41H54Cl2N2O7. The van der Waals surface area contributed by atoms with Gasteiger partial charge in [-0.2, -0.15) is 0 Å². The van der Waals surface area contributed by atoms with E-state index >= 15 is 0 Å². The summed E-state index contributed by atoms with van der Waals surface area (Å²) in [7, 11) is 1.70. The summed E-state index contributed by atoms with van der Waals surface area (Å²) >= 11 is 12.2. The number of ether oxygens (including phenoxy) is 4. The van der Waals surface area contributed by atoms with Gasteiger partial charge in [0.25, 0.3) is 0 Å². The number of carboxylic acids is 1. The van der Waals surface area contributed by atoms with Gasteiger partial charge in [0.05, 0.1) is 28.0 Å². The molecule has 2 N–H and O–H groups in total. The van der Waals surface area contributed by atoms with E-state index in [9.17, 15) is 14.7 Å². The summed E-state index contributed by atoms with van der Waals surface area (Å²) in [5.41, 5.74) is 2.39. The molecule has 5 rings (SSSR count). The van der Waals surface area contributed by atoms with Crippen LogP contribution in [0.5, 0.6) is 17.2 Å². The molecule has 3 aromatic rings. The van der Waals surface area contributed by atoms with Gasteiger partial charge < -0.3 is 34.3 Å². The molecule has 11 heteroatoms. The van der Waals surface area contributed by atoms with Crippen LogP contribution in [0, 0.1) is 18.3 Å². The first-order chi connectivity index (χ1) is 25.0. The van der Waals surface area contributed by atoms with Crippen molar-refractivity contribution in [1.29, 1.82) is 0 Å². The third-order valence-corrected chi connectivity index (χ3v) is 9.73. The van der Waals surface area contributed by atoms with Crippen molar-refractivity contribution in [3.8, 4) is 17.2 Å². The van der Waals surface area contributed by atoms with Crippen LogP contribution in [0.2, 0.25) is 10.0 Å². The Hall–Kier alpha value is -3.50. The number of methoxy groups -OCH3 is 1. The topological polar surface area (TPSA) is 107 Å². The third-order valence-electron chi connectivity index (χ3n) is 9.17. The zero-order valence-electron chi connectivity index (χ0n) is 30.9. The van der Waals surface area contributed by atoms with Crippen LogP contribution in [0.15, 0.2) is 60.7 Å². The summed E-state index contributed by atoms with van der Waals surface area (Å²) in [6.45, 7) is 9.56. The average molecular weight is 758 g/mol. The van der Waals surface area contributed by atoms with E-state index in [1.165, 1.54) is 0 Å². The van der Waals surface area contributed by atoms with Gasteiger partial charge in [-0.05, 0) is 125 Å². The molecule has 3 aromatic carbocycles. The highest BCUT2D eigenvalue weighted by molar-refractivity contribution is 6.37. The fraction of sp³-hybridized carbons (Fsp3) is 0.512. The Kier molecular flexibility index (Phi) is 16.4. The zero-order valence-corrected chi connectivity index (χ0v) is 32.4. The molecule has 1 amide bonds. The van der Waals surface area contributed by atoms with E-state index in [-0.39, 0.29) is 11.8 Å². The average Bonchev–Trinajstić information content (AvgIpc) is 3.96. The Morgan fingerprint density at radius 1 is 0.885 bits per heavy atom. The number of halogens is 2. The van der Waals surface area contributed by atoms with Crippen molar-refractivity contribution in [2.45, 2.75) is 78.3 Å². The van der Waals surface area contributed by atoms with Crippen molar-refractivity contribution in [3.63, 3.8) is 0 Å². The number of piperidine rings is 1. The van der Waals surface area contributed by atoms with Crippen molar-refractivity contribution in [1.82, 2.24) is 10.2 Å². The molecule has 0 aromatic heterocycles. The maximum Gasteiger partial charge on any atom is 0.309 e. The predicted octanol–water partition coefficient (Wildman–Crippen LogP) is 8.40. The quantitative estimate of drug-likeness (QED) is 0.125. The number of carbonyl (C=O) groups is 2. The van der Waals surface area contributed by atoms with Gasteiger partial charge in [-0.3, -0.25) is 9.59 Å². The molecule has 1 saturated carbocycles. The van der Waals surface area contributed by atoms with Crippen LogP contribution in [-0.4, -0.2) is 74.6 Å². The number of rotatable bonds is 18. The fourth-order valence-electron chi connectivity index (χ4n) is 5.91. The highest BCUT2D eigenvalue weighted by atomic mass is 35.5. The van der Waals surface area contributed by atoms with Crippen LogP contribution >= 0.6 is 23.2 Å². The lowest BCUT2D eigenvalue weighted by Gasteiger charge is -2.30. The Bertz CT molecular complexity index is 1550. The maximum absolute atomic E-state index is 13.3. The summed E-state index contributed by atoms with van der Waals surface area (Å²) in [4.78, 5) is 26.8. The first-order valence-corrected chi connectivity index (χ1v) is 19.0. The molecule has 284 valence electrons. The second-order valence-electron chi connectivity index (χ2n) is 14.2. The van der Waals surface area contributed by atoms with Crippen LogP contribution < -0.4 is 19.5 Å². The van der Waals surface area contributed by atoms with E-state index in [0.717, 1.165) is 79.8 Å². The molecule has 1 heterocycles. The van der Waals surface area contributed by atoms with E-state index in [1.54, 1.807) is 21.0 Å². The van der Waals surface area contributed by atoms with Gasteiger partial charge >= 0.3 is 5.97 Å².